The molecule has 0 amide bonds. The first-order valence-corrected chi connectivity index (χ1v) is 11.7. The molecule has 1 atom stereocenters. The summed E-state index contributed by atoms with van der Waals surface area (Å²) in [7, 11) is 1.72. The number of nitrogens with one attached hydrogen (secondary N) is 2. The van der Waals surface area contributed by atoms with Gasteiger partial charge in [-0.2, -0.15) is 0 Å². The summed E-state index contributed by atoms with van der Waals surface area (Å²) in [5.74, 6) is 1.51. The van der Waals surface area contributed by atoms with Gasteiger partial charge in [0.05, 0.1) is 18.5 Å². The third-order valence-corrected chi connectivity index (χ3v) is 6.42. The molecule has 0 aromatic carbocycles. The molecule has 0 radical (unpaired) electrons. The quantitative estimate of drug-likeness (QED) is 0.560. The highest BCUT2D eigenvalue weighted by Gasteiger charge is 2.20. The zero-order valence-electron chi connectivity index (χ0n) is 18.5. The van der Waals surface area contributed by atoms with Gasteiger partial charge in [0.2, 0.25) is 0 Å². The number of nitrogens with zero attached hydrogens (tertiary/aromatic N) is 1. The molecule has 2 N–H and O–H groups in total. The number of allylic oxidation sites excluding steroid dienone is 2. The fourth-order valence-corrected chi connectivity index (χ4v) is 4.84. The highest BCUT2D eigenvalue weighted by atomic mass is 16.5. The standard InChI is InChI=1S/C26H35N3O/c1-3-10-19-11-7-5-4-6-8-12-20-17-21(19)22(28-20)14-15-24-26(30-2)18-25(29-24)23-13-9-16-27-23/h9,13,15-19,27-28H,3-8,10-12,14H2,1-2H3. The van der Waals surface area contributed by atoms with Crippen LogP contribution in [0.4, 0.5) is 0 Å². The second-order valence-electron chi connectivity index (χ2n) is 8.61. The number of aliphatic imine (C=N–C) groups is 1. The van der Waals surface area contributed by atoms with Crippen LogP contribution in [0.3, 0.4) is 0 Å². The van der Waals surface area contributed by atoms with E-state index in [1.165, 1.54) is 69.2 Å². The Labute approximate surface area is 180 Å². The third-order valence-electron chi connectivity index (χ3n) is 6.42. The number of rotatable bonds is 6. The average Bonchev–Trinajstić information content (AvgIpc) is 3.48. The molecule has 1 aliphatic carbocycles. The number of aromatic amines is 2. The van der Waals surface area contributed by atoms with Gasteiger partial charge in [-0.15, -0.1) is 0 Å². The molecule has 0 saturated carbocycles. The highest BCUT2D eigenvalue weighted by Crippen LogP contribution is 2.33. The number of ether oxygens (including phenoxy) is 1. The molecule has 4 nitrogen and oxygen atoms in total. The van der Waals surface area contributed by atoms with E-state index >= 15 is 0 Å². The van der Waals surface area contributed by atoms with Crippen LogP contribution in [-0.2, 0) is 17.6 Å². The monoisotopic (exact) mass is 405 g/mol. The minimum Gasteiger partial charge on any atom is -0.494 e. The number of methoxy groups -OCH3 is 1. The van der Waals surface area contributed by atoms with Gasteiger partial charge in [0.15, 0.2) is 0 Å². The largest absolute Gasteiger partial charge is 0.494 e. The molecule has 160 valence electrons. The van der Waals surface area contributed by atoms with Crippen LogP contribution in [0, 0.1) is 0 Å². The highest BCUT2D eigenvalue weighted by molar-refractivity contribution is 6.10. The molecular weight excluding hydrogens is 370 g/mol. The molecule has 2 aromatic heterocycles. The first-order chi connectivity index (χ1) is 14.8. The average molecular weight is 406 g/mol. The van der Waals surface area contributed by atoms with E-state index in [1.54, 1.807) is 12.7 Å². The van der Waals surface area contributed by atoms with Gasteiger partial charge in [0.1, 0.15) is 11.5 Å². The lowest BCUT2D eigenvalue weighted by molar-refractivity contribution is 0.302. The lowest BCUT2D eigenvalue weighted by Gasteiger charge is -2.17. The maximum Gasteiger partial charge on any atom is 0.146 e. The number of aryl methyl sites for hydroxylation is 1. The Hall–Kier alpha value is -2.49. The summed E-state index contributed by atoms with van der Waals surface area (Å²) in [4.78, 5) is 11.8. The summed E-state index contributed by atoms with van der Waals surface area (Å²) in [6.07, 6.45) is 18.8. The van der Waals surface area contributed by atoms with Crippen LogP contribution in [-0.4, -0.2) is 22.8 Å². The van der Waals surface area contributed by atoms with Gasteiger partial charge < -0.3 is 14.7 Å². The predicted molar refractivity (Wildman–Crippen MR) is 124 cm³/mol. The van der Waals surface area contributed by atoms with Gasteiger partial charge in [-0.1, -0.05) is 39.0 Å². The molecule has 2 bridgehead atoms. The van der Waals surface area contributed by atoms with Gasteiger partial charge in [-0.3, -0.25) is 0 Å². The molecule has 0 saturated heterocycles. The summed E-state index contributed by atoms with van der Waals surface area (Å²) < 4.78 is 5.62. The van der Waals surface area contributed by atoms with Crippen molar-refractivity contribution in [3.05, 3.63) is 70.6 Å². The van der Waals surface area contributed by atoms with Crippen molar-refractivity contribution in [2.45, 2.75) is 77.0 Å². The molecule has 4 heteroatoms. The Morgan fingerprint density at radius 3 is 2.87 bits per heavy atom. The number of fused-ring (bicyclic) bond motifs is 2. The maximum absolute atomic E-state index is 5.62. The molecule has 0 fully saturated rings. The number of hydrogen-bond donors (Lipinski definition) is 2. The topological polar surface area (TPSA) is 53.2 Å². The SMILES string of the molecule is CCCC1CCCCCCCc2cc1c(CC=C1N=C(c3ccc[nH]3)C=C1OC)[nH]2. The first-order valence-electron chi connectivity index (χ1n) is 11.7. The second-order valence-corrected chi connectivity index (χ2v) is 8.61. The lowest BCUT2D eigenvalue weighted by Crippen LogP contribution is -2.02. The van der Waals surface area contributed by atoms with Crippen molar-refractivity contribution in [2.24, 2.45) is 4.99 Å². The Morgan fingerprint density at radius 1 is 1.20 bits per heavy atom. The van der Waals surface area contributed by atoms with Crippen LogP contribution in [0.15, 0.2) is 53.0 Å². The molecule has 2 aliphatic rings. The van der Waals surface area contributed by atoms with Crippen molar-refractivity contribution >= 4 is 5.71 Å². The molecule has 1 aliphatic heterocycles. The van der Waals surface area contributed by atoms with E-state index in [0.717, 1.165) is 29.3 Å². The normalized spacial score (nSPS) is 21.3. The molecule has 1 unspecified atom stereocenters. The van der Waals surface area contributed by atoms with E-state index in [4.69, 9.17) is 9.73 Å². The van der Waals surface area contributed by atoms with E-state index < -0.39 is 0 Å². The van der Waals surface area contributed by atoms with Gasteiger partial charge in [0, 0.05) is 30.1 Å². The molecule has 3 heterocycles. The summed E-state index contributed by atoms with van der Waals surface area (Å²) in [5, 5.41) is 0. The van der Waals surface area contributed by atoms with Crippen molar-refractivity contribution in [1.82, 2.24) is 9.97 Å². The smallest absolute Gasteiger partial charge is 0.146 e. The van der Waals surface area contributed by atoms with Crippen molar-refractivity contribution in [1.29, 1.82) is 0 Å². The zero-order chi connectivity index (χ0) is 20.8. The van der Waals surface area contributed by atoms with Crippen LogP contribution < -0.4 is 0 Å². The van der Waals surface area contributed by atoms with E-state index in [1.807, 2.05) is 24.4 Å². The Morgan fingerprint density at radius 2 is 2.07 bits per heavy atom. The summed E-state index contributed by atoms with van der Waals surface area (Å²) in [6, 6.07) is 6.50. The van der Waals surface area contributed by atoms with E-state index in [0.29, 0.717) is 5.92 Å². The Kier molecular flexibility index (Phi) is 6.93. The number of hydrogen-bond acceptors (Lipinski definition) is 2. The molecular formula is C26H35N3O. The molecule has 0 spiro atoms. The van der Waals surface area contributed by atoms with Crippen molar-refractivity contribution < 1.29 is 4.74 Å². The lowest BCUT2D eigenvalue weighted by atomic mass is 9.88. The third kappa shape index (κ3) is 4.80. The molecule has 30 heavy (non-hydrogen) atoms. The van der Waals surface area contributed by atoms with Crippen LogP contribution in [0.25, 0.3) is 0 Å². The summed E-state index contributed by atoms with van der Waals surface area (Å²) >= 11 is 0. The fourth-order valence-electron chi connectivity index (χ4n) is 4.84. The molecule has 4 rings (SSSR count). The molecule has 2 aromatic rings. The second kappa shape index (κ2) is 10.0. The van der Waals surface area contributed by atoms with Crippen LogP contribution >= 0.6 is 0 Å². The fraction of sp³-hybridized carbons (Fsp3) is 0.500. The van der Waals surface area contributed by atoms with Crippen molar-refractivity contribution in [3.63, 3.8) is 0 Å². The number of H-pyrrole nitrogens is 2. The van der Waals surface area contributed by atoms with Crippen molar-refractivity contribution in [2.75, 3.05) is 7.11 Å². The summed E-state index contributed by atoms with van der Waals surface area (Å²) in [5.41, 5.74) is 7.20. The van der Waals surface area contributed by atoms with Crippen LogP contribution in [0.1, 0.15) is 86.9 Å². The van der Waals surface area contributed by atoms with Gasteiger partial charge in [-0.25, -0.2) is 4.99 Å². The van der Waals surface area contributed by atoms with Crippen molar-refractivity contribution in [3.8, 4) is 0 Å². The zero-order valence-corrected chi connectivity index (χ0v) is 18.5. The summed E-state index contributed by atoms with van der Waals surface area (Å²) in [6.45, 7) is 2.31. The Bertz CT molecular complexity index is 914. The minimum atomic E-state index is 0.672. The number of aromatic nitrogens is 2. The van der Waals surface area contributed by atoms with Crippen LogP contribution in [0.2, 0.25) is 0 Å². The van der Waals surface area contributed by atoms with Gasteiger partial charge >= 0.3 is 0 Å². The maximum atomic E-state index is 5.62. The Balaban J connectivity index is 1.59. The van der Waals surface area contributed by atoms with E-state index in [2.05, 4.69) is 29.0 Å². The van der Waals surface area contributed by atoms with E-state index in [-0.39, 0.29) is 0 Å². The first kappa shape index (κ1) is 20.8. The van der Waals surface area contributed by atoms with E-state index in [9.17, 15) is 0 Å². The minimum absolute atomic E-state index is 0.672. The van der Waals surface area contributed by atoms with Crippen LogP contribution in [0.5, 0.6) is 0 Å². The van der Waals surface area contributed by atoms with Gasteiger partial charge in [-0.05, 0) is 61.4 Å². The predicted octanol–water partition coefficient (Wildman–Crippen LogP) is 6.58. The van der Waals surface area contributed by atoms with Gasteiger partial charge in [0.25, 0.3) is 0 Å².